The Bertz CT molecular complexity index is 538. The number of aliphatic carboxylic acids is 1. The SMILES string of the molecule is Cc1c[nH]c2cccc(/C=C/C(=O)O)c12. The third-order valence-electron chi connectivity index (χ3n) is 2.34. The normalized spacial score (nSPS) is 11.3. The van der Waals surface area contributed by atoms with Crippen LogP contribution in [0.25, 0.3) is 17.0 Å². The molecule has 0 amide bonds. The van der Waals surface area contributed by atoms with E-state index >= 15 is 0 Å². The molecule has 3 heteroatoms. The Kier molecular flexibility index (Phi) is 2.29. The number of nitrogens with one attached hydrogen (secondary N) is 1. The van der Waals surface area contributed by atoms with Gasteiger partial charge in [0.15, 0.2) is 0 Å². The Labute approximate surface area is 87.0 Å². The number of benzene rings is 1. The summed E-state index contributed by atoms with van der Waals surface area (Å²) in [6, 6.07) is 5.78. The van der Waals surface area contributed by atoms with Crippen molar-refractivity contribution in [3.05, 3.63) is 41.6 Å². The number of aromatic amines is 1. The summed E-state index contributed by atoms with van der Waals surface area (Å²) >= 11 is 0. The maximum Gasteiger partial charge on any atom is 0.328 e. The number of rotatable bonds is 2. The predicted octanol–water partition coefficient (Wildman–Crippen LogP) is 2.57. The van der Waals surface area contributed by atoms with Crippen LogP contribution >= 0.6 is 0 Å². The first kappa shape index (κ1) is 9.52. The molecule has 0 aliphatic rings. The van der Waals surface area contributed by atoms with Crippen molar-refractivity contribution in [1.82, 2.24) is 4.98 Å². The molecular formula is C12H11NO2. The van der Waals surface area contributed by atoms with Crippen LogP contribution in [-0.4, -0.2) is 16.1 Å². The van der Waals surface area contributed by atoms with Crippen LogP contribution < -0.4 is 0 Å². The molecule has 3 nitrogen and oxygen atoms in total. The molecule has 2 rings (SSSR count). The Hall–Kier alpha value is -2.03. The van der Waals surface area contributed by atoms with Gasteiger partial charge in [-0.05, 0) is 30.2 Å². The summed E-state index contributed by atoms with van der Waals surface area (Å²) in [4.78, 5) is 13.6. The monoisotopic (exact) mass is 201 g/mol. The summed E-state index contributed by atoms with van der Waals surface area (Å²) in [5.74, 6) is -0.930. The van der Waals surface area contributed by atoms with Crippen molar-refractivity contribution in [2.45, 2.75) is 6.92 Å². The van der Waals surface area contributed by atoms with Crippen LogP contribution in [0, 0.1) is 6.92 Å². The van der Waals surface area contributed by atoms with E-state index in [2.05, 4.69) is 4.98 Å². The van der Waals surface area contributed by atoms with Crippen LogP contribution in [0.3, 0.4) is 0 Å². The lowest BCUT2D eigenvalue weighted by molar-refractivity contribution is -0.131. The van der Waals surface area contributed by atoms with Crippen molar-refractivity contribution in [2.75, 3.05) is 0 Å². The van der Waals surface area contributed by atoms with Gasteiger partial charge in [0, 0.05) is 23.2 Å². The molecule has 0 unspecified atom stereocenters. The van der Waals surface area contributed by atoms with Crippen molar-refractivity contribution >= 4 is 22.9 Å². The van der Waals surface area contributed by atoms with E-state index in [1.165, 1.54) is 0 Å². The van der Waals surface area contributed by atoms with E-state index in [0.29, 0.717) is 0 Å². The lowest BCUT2D eigenvalue weighted by Gasteiger charge is -1.97. The number of carbonyl (C=O) groups is 1. The largest absolute Gasteiger partial charge is 0.478 e. The van der Waals surface area contributed by atoms with E-state index in [0.717, 1.165) is 28.1 Å². The van der Waals surface area contributed by atoms with Crippen LogP contribution in [0.4, 0.5) is 0 Å². The van der Waals surface area contributed by atoms with Gasteiger partial charge in [0.1, 0.15) is 0 Å². The topological polar surface area (TPSA) is 53.1 Å². The van der Waals surface area contributed by atoms with E-state index in [-0.39, 0.29) is 0 Å². The Morgan fingerprint density at radius 3 is 3.00 bits per heavy atom. The van der Waals surface area contributed by atoms with Gasteiger partial charge in [0.25, 0.3) is 0 Å². The fourth-order valence-corrected chi connectivity index (χ4v) is 1.69. The van der Waals surface area contributed by atoms with Crippen molar-refractivity contribution in [1.29, 1.82) is 0 Å². The van der Waals surface area contributed by atoms with Crippen molar-refractivity contribution in [2.24, 2.45) is 0 Å². The second kappa shape index (κ2) is 3.61. The first-order chi connectivity index (χ1) is 7.18. The Morgan fingerprint density at radius 2 is 2.27 bits per heavy atom. The molecule has 2 N–H and O–H groups in total. The molecule has 1 heterocycles. The molecule has 76 valence electrons. The standard InChI is InChI=1S/C12H11NO2/c1-8-7-13-10-4-2-3-9(12(8)10)5-6-11(14)15/h2-7,13H,1H3,(H,14,15)/b6-5+. The number of hydrogen-bond donors (Lipinski definition) is 2. The number of aromatic nitrogens is 1. The molecule has 0 saturated heterocycles. The highest BCUT2D eigenvalue weighted by Crippen LogP contribution is 2.22. The maximum atomic E-state index is 10.4. The van der Waals surface area contributed by atoms with Crippen LogP contribution in [0.5, 0.6) is 0 Å². The van der Waals surface area contributed by atoms with Gasteiger partial charge in [0.2, 0.25) is 0 Å². The first-order valence-corrected chi connectivity index (χ1v) is 4.66. The zero-order chi connectivity index (χ0) is 10.8. The van der Waals surface area contributed by atoms with Crippen molar-refractivity contribution < 1.29 is 9.90 Å². The number of aryl methyl sites for hydroxylation is 1. The average molecular weight is 201 g/mol. The molecule has 0 aliphatic carbocycles. The van der Waals surface area contributed by atoms with Gasteiger partial charge in [-0.2, -0.15) is 0 Å². The zero-order valence-corrected chi connectivity index (χ0v) is 8.32. The Morgan fingerprint density at radius 1 is 1.47 bits per heavy atom. The summed E-state index contributed by atoms with van der Waals surface area (Å²) in [5.41, 5.74) is 3.07. The highest BCUT2D eigenvalue weighted by molar-refractivity contribution is 5.94. The van der Waals surface area contributed by atoms with E-state index in [1.807, 2.05) is 31.3 Å². The minimum Gasteiger partial charge on any atom is -0.478 e. The second-order valence-electron chi connectivity index (χ2n) is 3.41. The molecule has 0 spiro atoms. The molecule has 15 heavy (non-hydrogen) atoms. The fraction of sp³-hybridized carbons (Fsp3) is 0.0833. The molecule has 1 aromatic heterocycles. The van der Waals surface area contributed by atoms with E-state index < -0.39 is 5.97 Å². The van der Waals surface area contributed by atoms with Crippen LogP contribution in [0.2, 0.25) is 0 Å². The predicted molar refractivity (Wildman–Crippen MR) is 59.7 cm³/mol. The quantitative estimate of drug-likeness (QED) is 0.734. The summed E-state index contributed by atoms with van der Waals surface area (Å²) in [6.45, 7) is 2.00. The molecule has 0 aliphatic heterocycles. The van der Waals surface area contributed by atoms with Crippen LogP contribution in [0.15, 0.2) is 30.5 Å². The van der Waals surface area contributed by atoms with Crippen molar-refractivity contribution in [3.8, 4) is 0 Å². The maximum absolute atomic E-state index is 10.4. The molecule has 1 aromatic carbocycles. The minimum absolute atomic E-state index is 0.925. The molecule has 0 bridgehead atoms. The summed E-state index contributed by atoms with van der Waals surface area (Å²) in [5, 5.41) is 9.65. The van der Waals surface area contributed by atoms with Gasteiger partial charge in [-0.25, -0.2) is 4.79 Å². The number of carboxylic acids is 1. The van der Waals surface area contributed by atoms with Crippen LogP contribution in [-0.2, 0) is 4.79 Å². The number of H-pyrrole nitrogens is 1. The molecule has 0 fully saturated rings. The number of hydrogen-bond acceptors (Lipinski definition) is 1. The summed E-state index contributed by atoms with van der Waals surface area (Å²) < 4.78 is 0. The third kappa shape index (κ3) is 1.76. The molecular weight excluding hydrogens is 190 g/mol. The number of fused-ring (bicyclic) bond motifs is 1. The van der Waals surface area contributed by atoms with Crippen LogP contribution in [0.1, 0.15) is 11.1 Å². The summed E-state index contributed by atoms with van der Waals surface area (Å²) in [6.07, 6.45) is 4.69. The van der Waals surface area contributed by atoms with Gasteiger partial charge < -0.3 is 10.1 Å². The van der Waals surface area contributed by atoms with Crippen molar-refractivity contribution in [3.63, 3.8) is 0 Å². The minimum atomic E-state index is -0.930. The van der Waals surface area contributed by atoms with E-state index in [4.69, 9.17) is 5.11 Å². The average Bonchev–Trinajstić information content (AvgIpc) is 2.58. The van der Waals surface area contributed by atoms with E-state index in [9.17, 15) is 4.79 Å². The van der Waals surface area contributed by atoms with Gasteiger partial charge in [0.05, 0.1) is 0 Å². The van der Waals surface area contributed by atoms with Gasteiger partial charge in [-0.3, -0.25) is 0 Å². The summed E-state index contributed by atoms with van der Waals surface area (Å²) in [7, 11) is 0. The van der Waals surface area contributed by atoms with Gasteiger partial charge in [-0.1, -0.05) is 12.1 Å². The first-order valence-electron chi connectivity index (χ1n) is 4.66. The second-order valence-corrected chi connectivity index (χ2v) is 3.41. The molecule has 2 aromatic rings. The fourth-order valence-electron chi connectivity index (χ4n) is 1.69. The lowest BCUT2D eigenvalue weighted by atomic mass is 10.1. The Balaban J connectivity index is 2.59. The third-order valence-corrected chi connectivity index (χ3v) is 2.34. The number of carboxylic acid groups (broad SMARTS) is 1. The van der Waals surface area contributed by atoms with Gasteiger partial charge in [-0.15, -0.1) is 0 Å². The highest BCUT2D eigenvalue weighted by atomic mass is 16.4. The smallest absolute Gasteiger partial charge is 0.328 e. The zero-order valence-electron chi connectivity index (χ0n) is 8.32. The molecule has 0 saturated carbocycles. The molecule has 0 atom stereocenters. The lowest BCUT2D eigenvalue weighted by Crippen LogP contribution is -1.86. The van der Waals surface area contributed by atoms with E-state index in [1.54, 1.807) is 6.08 Å². The van der Waals surface area contributed by atoms with Gasteiger partial charge >= 0.3 is 5.97 Å². The molecule has 0 radical (unpaired) electrons. The highest BCUT2D eigenvalue weighted by Gasteiger charge is 2.02.